The van der Waals surface area contributed by atoms with E-state index in [0.29, 0.717) is 0 Å². The van der Waals surface area contributed by atoms with Crippen LogP contribution in [0.5, 0.6) is 0 Å². The van der Waals surface area contributed by atoms with Gasteiger partial charge in [-0.05, 0) is 43.9 Å². The Hall–Kier alpha value is -1.58. The highest BCUT2D eigenvalue weighted by Gasteiger charge is 2.53. The number of carbonyl (C=O) groups is 2. The Morgan fingerprint density at radius 3 is 1.91 bits per heavy atom. The SMILES string of the molecule is CC(=O)O[C@H]1CCC23C=CCC2(CC=C3)CC[C@H]1OC(C)=O. The van der Waals surface area contributed by atoms with Gasteiger partial charge in [0.05, 0.1) is 0 Å². The van der Waals surface area contributed by atoms with Crippen molar-refractivity contribution in [1.29, 1.82) is 0 Å². The van der Waals surface area contributed by atoms with Gasteiger partial charge in [-0.1, -0.05) is 24.3 Å². The molecule has 0 aromatic carbocycles. The van der Waals surface area contributed by atoms with E-state index in [9.17, 15) is 9.59 Å². The van der Waals surface area contributed by atoms with Crippen LogP contribution in [0.15, 0.2) is 24.3 Å². The van der Waals surface area contributed by atoms with Crippen molar-refractivity contribution in [2.75, 3.05) is 0 Å². The molecule has 3 aliphatic rings. The molecule has 2 atom stereocenters. The van der Waals surface area contributed by atoms with E-state index in [1.165, 1.54) is 13.8 Å². The molecule has 22 heavy (non-hydrogen) atoms. The van der Waals surface area contributed by atoms with Gasteiger partial charge in [0.1, 0.15) is 12.2 Å². The highest BCUT2D eigenvalue weighted by atomic mass is 16.6. The molecule has 0 saturated heterocycles. The summed E-state index contributed by atoms with van der Waals surface area (Å²) in [5.74, 6) is -0.615. The van der Waals surface area contributed by atoms with E-state index in [0.717, 1.165) is 38.5 Å². The standard InChI is InChI=1S/C18H24O4/c1-13(19)21-15-5-11-17-7-3-9-18(17,10-4-8-17)12-6-16(15)22-14(2)20/h3-4,7-8,15-16H,5-6,9-12H2,1-2H3/t15-,16+,17?,18?/m0/s1. The largest absolute Gasteiger partial charge is 0.459 e. The Bertz CT molecular complexity index is 515. The second-order valence-electron chi connectivity index (χ2n) is 6.91. The Morgan fingerprint density at radius 1 is 0.909 bits per heavy atom. The lowest BCUT2D eigenvalue weighted by molar-refractivity contribution is -0.169. The van der Waals surface area contributed by atoms with Crippen molar-refractivity contribution in [1.82, 2.24) is 0 Å². The zero-order valence-electron chi connectivity index (χ0n) is 13.3. The lowest BCUT2D eigenvalue weighted by Crippen LogP contribution is -2.42. The van der Waals surface area contributed by atoms with Gasteiger partial charge in [0, 0.05) is 19.3 Å². The molecule has 0 bridgehead atoms. The molecule has 120 valence electrons. The maximum Gasteiger partial charge on any atom is 0.303 e. The molecule has 4 heteroatoms. The molecule has 0 amide bonds. The minimum atomic E-state index is -0.336. The van der Waals surface area contributed by atoms with Crippen molar-refractivity contribution in [2.45, 2.75) is 64.6 Å². The van der Waals surface area contributed by atoms with Crippen LogP contribution in [0.1, 0.15) is 52.4 Å². The normalized spacial score (nSPS) is 39.5. The third kappa shape index (κ3) is 2.49. The predicted octanol–water partition coefficient (Wildman–Crippen LogP) is 3.32. The van der Waals surface area contributed by atoms with Gasteiger partial charge in [-0.25, -0.2) is 0 Å². The minimum absolute atomic E-state index is 0.104. The molecule has 1 saturated carbocycles. The Balaban J connectivity index is 1.83. The number of ether oxygens (including phenoxy) is 2. The van der Waals surface area contributed by atoms with Gasteiger partial charge in [-0.3, -0.25) is 9.59 Å². The van der Waals surface area contributed by atoms with E-state index in [1.54, 1.807) is 0 Å². The second-order valence-corrected chi connectivity index (χ2v) is 6.91. The maximum atomic E-state index is 11.4. The first kappa shape index (κ1) is 15.3. The first-order valence-corrected chi connectivity index (χ1v) is 8.16. The molecule has 0 heterocycles. The quantitative estimate of drug-likeness (QED) is 0.580. The van der Waals surface area contributed by atoms with Crippen LogP contribution in [0.4, 0.5) is 0 Å². The van der Waals surface area contributed by atoms with E-state index in [2.05, 4.69) is 24.3 Å². The molecular formula is C18H24O4. The average molecular weight is 304 g/mol. The van der Waals surface area contributed by atoms with E-state index in [-0.39, 0.29) is 35.0 Å². The Labute approximate surface area is 131 Å². The zero-order chi connectivity index (χ0) is 15.8. The van der Waals surface area contributed by atoms with Crippen LogP contribution in [0, 0.1) is 10.8 Å². The molecule has 0 spiro atoms. The molecule has 0 aromatic heterocycles. The average Bonchev–Trinajstić information content (AvgIpc) is 2.91. The number of allylic oxidation sites excluding steroid dienone is 4. The van der Waals surface area contributed by atoms with Gasteiger partial charge in [0.15, 0.2) is 0 Å². The molecule has 4 nitrogen and oxygen atoms in total. The van der Waals surface area contributed by atoms with Crippen LogP contribution in [-0.4, -0.2) is 24.1 Å². The van der Waals surface area contributed by atoms with Crippen LogP contribution in [0.25, 0.3) is 0 Å². The van der Waals surface area contributed by atoms with Crippen molar-refractivity contribution in [3.05, 3.63) is 24.3 Å². The van der Waals surface area contributed by atoms with E-state index in [1.807, 2.05) is 0 Å². The lowest BCUT2D eigenvalue weighted by Gasteiger charge is -2.44. The fraction of sp³-hybridized carbons (Fsp3) is 0.667. The monoisotopic (exact) mass is 304 g/mol. The van der Waals surface area contributed by atoms with E-state index >= 15 is 0 Å². The molecule has 0 radical (unpaired) electrons. The van der Waals surface area contributed by atoms with Crippen LogP contribution < -0.4 is 0 Å². The van der Waals surface area contributed by atoms with E-state index < -0.39 is 0 Å². The van der Waals surface area contributed by atoms with Gasteiger partial charge >= 0.3 is 11.9 Å². The van der Waals surface area contributed by atoms with Crippen molar-refractivity contribution in [3.63, 3.8) is 0 Å². The van der Waals surface area contributed by atoms with Crippen molar-refractivity contribution >= 4 is 11.9 Å². The highest BCUT2D eigenvalue weighted by molar-refractivity contribution is 5.67. The number of hydrogen-bond donors (Lipinski definition) is 0. The Kier molecular flexibility index (Phi) is 3.87. The predicted molar refractivity (Wildman–Crippen MR) is 82.0 cm³/mol. The maximum absolute atomic E-state index is 11.4. The molecule has 0 unspecified atom stereocenters. The first-order chi connectivity index (χ1) is 10.5. The second kappa shape index (κ2) is 5.56. The minimum Gasteiger partial charge on any atom is -0.459 e. The third-order valence-electron chi connectivity index (χ3n) is 5.63. The summed E-state index contributed by atoms with van der Waals surface area (Å²) in [6.07, 6.45) is 14.2. The van der Waals surface area contributed by atoms with Crippen molar-refractivity contribution in [3.8, 4) is 0 Å². The molecule has 3 aliphatic carbocycles. The summed E-state index contributed by atoms with van der Waals surface area (Å²) in [5, 5.41) is 0. The zero-order valence-corrected chi connectivity index (χ0v) is 13.3. The summed E-state index contributed by atoms with van der Waals surface area (Å²) in [7, 11) is 0. The number of hydrogen-bond acceptors (Lipinski definition) is 4. The van der Waals surface area contributed by atoms with Crippen LogP contribution in [0.3, 0.4) is 0 Å². The van der Waals surface area contributed by atoms with Gasteiger partial charge < -0.3 is 9.47 Å². The third-order valence-corrected chi connectivity index (χ3v) is 5.63. The van der Waals surface area contributed by atoms with E-state index in [4.69, 9.17) is 9.47 Å². The van der Waals surface area contributed by atoms with Crippen LogP contribution in [0.2, 0.25) is 0 Å². The fourth-order valence-corrected chi connectivity index (χ4v) is 4.60. The summed E-state index contributed by atoms with van der Waals surface area (Å²) in [6.45, 7) is 2.83. The van der Waals surface area contributed by atoms with Gasteiger partial charge in [-0.2, -0.15) is 0 Å². The van der Waals surface area contributed by atoms with Crippen LogP contribution in [-0.2, 0) is 19.1 Å². The Morgan fingerprint density at radius 2 is 1.41 bits per heavy atom. The molecule has 0 aliphatic heterocycles. The van der Waals surface area contributed by atoms with Gasteiger partial charge in [0.2, 0.25) is 0 Å². The number of esters is 2. The summed E-state index contributed by atoms with van der Waals surface area (Å²) < 4.78 is 10.9. The molecule has 0 N–H and O–H groups in total. The van der Waals surface area contributed by atoms with Gasteiger partial charge in [0.25, 0.3) is 0 Å². The summed E-state index contributed by atoms with van der Waals surface area (Å²) in [5.41, 5.74) is 0.346. The molecule has 0 aromatic rings. The smallest absolute Gasteiger partial charge is 0.303 e. The first-order valence-electron chi connectivity index (χ1n) is 8.16. The highest BCUT2D eigenvalue weighted by Crippen LogP contribution is 2.62. The fourth-order valence-electron chi connectivity index (χ4n) is 4.60. The molecule has 3 rings (SSSR count). The molecule has 1 fully saturated rings. The lowest BCUT2D eigenvalue weighted by atomic mass is 9.61. The van der Waals surface area contributed by atoms with Crippen molar-refractivity contribution < 1.29 is 19.1 Å². The topological polar surface area (TPSA) is 52.6 Å². The summed E-state index contributed by atoms with van der Waals surface area (Å²) in [4.78, 5) is 22.8. The van der Waals surface area contributed by atoms with Gasteiger partial charge in [-0.15, -0.1) is 0 Å². The number of rotatable bonds is 2. The summed E-state index contributed by atoms with van der Waals surface area (Å²) >= 11 is 0. The number of carbonyl (C=O) groups excluding carboxylic acids is 2. The van der Waals surface area contributed by atoms with Crippen LogP contribution >= 0.6 is 0 Å². The summed E-state index contributed by atoms with van der Waals surface area (Å²) in [6, 6.07) is 0. The molecular weight excluding hydrogens is 280 g/mol. The van der Waals surface area contributed by atoms with Crippen molar-refractivity contribution in [2.24, 2.45) is 10.8 Å².